The van der Waals surface area contributed by atoms with Gasteiger partial charge in [-0.15, -0.1) is 0 Å². The first-order chi connectivity index (χ1) is 8.84. The zero-order valence-corrected chi connectivity index (χ0v) is 12.0. The minimum Gasteiger partial charge on any atom is -0.339 e. The summed E-state index contributed by atoms with van der Waals surface area (Å²) >= 11 is 2.55. The minimum atomic E-state index is 0.458. The van der Waals surface area contributed by atoms with Gasteiger partial charge in [0.25, 0.3) is 0 Å². The fourth-order valence-corrected chi connectivity index (χ4v) is 4.00. The van der Waals surface area contributed by atoms with E-state index in [0.717, 1.165) is 6.54 Å². The van der Waals surface area contributed by atoms with E-state index in [2.05, 4.69) is 81.8 Å². The van der Waals surface area contributed by atoms with Crippen LogP contribution in [-0.4, -0.2) is 4.57 Å². The first-order valence-electron chi connectivity index (χ1n) is 6.14. The van der Waals surface area contributed by atoms with Crippen LogP contribution in [0.4, 0.5) is 0 Å². The molecule has 1 atom stereocenters. The maximum atomic E-state index is 2.55. The molecule has 0 bridgehead atoms. The topological polar surface area (TPSA) is 4.93 Å². The molecule has 4 rings (SSSR count). The van der Waals surface area contributed by atoms with E-state index in [-0.39, 0.29) is 0 Å². The summed E-state index contributed by atoms with van der Waals surface area (Å²) in [5.74, 6) is 0. The van der Waals surface area contributed by atoms with Crippen molar-refractivity contribution < 1.29 is 0 Å². The number of hydrogen-bond acceptors (Lipinski definition) is 0. The van der Waals surface area contributed by atoms with Gasteiger partial charge in [0.2, 0.25) is 0 Å². The average Bonchev–Trinajstić information content (AvgIpc) is 2.79. The molecule has 0 N–H and O–H groups in total. The van der Waals surface area contributed by atoms with Crippen LogP contribution in [0.15, 0.2) is 54.6 Å². The quantitative estimate of drug-likeness (QED) is 0.417. The molecule has 2 heteroatoms. The van der Waals surface area contributed by atoms with E-state index in [1.165, 1.54) is 27.7 Å². The van der Waals surface area contributed by atoms with E-state index in [0.29, 0.717) is 3.92 Å². The molecule has 2 heterocycles. The molecule has 0 saturated carbocycles. The van der Waals surface area contributed by atoms with E-state index in [4.69, 9.17) is 0 Å². The third-order valence-corrected chi connectivity index (χ3v) is 5.07. The third kappa shape index (κ3) is 1.38. The lowest BCUT2D eigenvalue weighted by Crippen LogP contribution is -2.14. The number of rotatable bonds is 0. The van der Waals surface area contributed by atoms with E-state index in [1.54, 1.807) is 0 Å². The van der Waals surface area contributed by atoms with Gasteiger partial charge in [0.05, 0.1) is 3.92 Å². The Morgan fingerprint density at radius 3 is 2.72 bits per heavy atom. The van der Waals surface area contributed by atoms with Gasteiger partial charge in [-0.2, -0.15) is 0 Å². The summed E-state index contributed by atoms with van der Waals surface area (Å²) in [6.45, 7) is 0.999. The van der Waals surface area contributed by atoms with Crippen molar-refractivity contribution in [3.05, 3.63) is 71.4 Å². The second kappa shape index (κ2) is 3.85. The van der Waals surface area contributed by atoms with Gasteiger partial charge < -0.3 is 4.57 Å². The first-order valence-corrected chi connectivity index (χ1v) is 7.39. The molecule has 0 amide bonds. The van der Waals surface area contributed by atoms with Gasteiger partial charge in [-0.3, -0.25) is 0 Å². The van der Waals surface area contributed by atoms with Crippen LogP contribution in [0.2, 0.25) is 0 Å². The smallest absolute Gasteiger partial charge is 0.0764 e. The summed E-state index contributed by atoms with van der Waals surface area (Å²) in [6.07, 6.45) is 0. The molecule has 0 fully saturated rings. The molecule has 88 valence electrons. The maximum absolute atomic E-state index is 2.55. The number of para-hydroxylation sites is 1. The lowest BCUT2D eigenvalue weighted by atomic mass is 9.99. The van der Waals surface area contributed by atoms with Crippen molar-refractivity contribution in [3.8, 4) is 0 Å². The van der Waals surface area contributed by atoms with Crippen LogP contribution in [0, 0.1) is 0 Å². The van der Waals surface area contributed by atoms with Crippen LogP contribution < -0.4 is 0 Å². The molecule has 18 heavy (non-hydrogen) atoms. The predicted molar refractivity (Wildman–Crippen MR) is 83.3 cm³/mol. The first kappa shape index (κ1) is 10.6. The Labute approximate surface area is 120 Å². The van der Waals surface area contributed by atoms with Gasteiger partial charge >= 0.3 is 0 Å². The second-order valence-electron chi connectivity index (χ2n) is 4.78. The number of fused-ring (bicyclic) bond motifs is 4. The number of alkyl halides is 1. The summed E-state index contributed by atoms with van der Waals surface area (Å²) in [5, 5.41) is 1.35. The van der Waals surface area contributed by atoms with Crippen LogP contribution in [-0.2, 0) is 6.54 Å². The Morgan fingerprint density at radius 2 is 1.78 bits per heavy atom. The standard InChI is InChI=1S/C16H12IN/c17-16-13-7-3-1-6-12(13)10-18-14-8-4-2-5-11(14)9-15(16)18/h1-9,16H,10H2. The summed E-state index contributed by atoms with van der Waals surface area (Å²) < 4.78 is 2.91. The lowest BCUT2D eigenvalue weighted by molar-refractivity contribution is 0.743. The molecule has 0 aliphatic carbocycles. The highest BCUT2D eigenvalue weighted by molar-refractivity contribution is 14.1. The second-order valence-corrected chi connectivity index (χ2v) is 6.02. The molecule has 0 saturated heterocycles. The number of benzene rings is 2. The fraction of sp³-hybridized carbons (Fsp3) is 0.125. The predicted octanol–water partition coefficient (Wildman–Crippen LogP) is 4.53. The summed E-state index contributed by atoms with van der Waals surface area (Å²) in [7, 11) is 0. The molecule has 3 aromatic rings. The van der Waals surface area contributed by atoms with Crippen molar-refractivity contribution in [2.75, 3.05) is 0 Å². The maximum Gasteiger partial charge on any atom is 0.0764 e. The zero-order chi connectivity index (χ0) is 12.1. The minimum absolute atomic E-state index is 0.458. The van der Waals surface area contributed by atoms with E-state index < -0.39 is 0 Å². The summed E-state index contributed by atoms with van der Waals surface area (Å²) in [5.41, 5.74) is 5.69. The van der Waals surface area contributed by atoms with Crippen molar-refractivity contribution in [2.45, 2.75) is 10.5 Å². The highest BCUT2D eigenvalue weighted by Gasteiger charge is 2.24. The Bertz CT molecular complexity index is 742. The van der Waals surface area contributed by atoms with Gasteiger partial charge in [-0.05, 0) is 28.6 Å². The summed E-state index contributed by atoms with van der Waals surface area (Å²) in [4.78, 5) is 0. The fourth-order valence-electron chi connectivity index (χ4n) is 2.87. The molecule has 1 aliphatic rings. The normalized spacial score (nSPS) is 17.5. The van der Waals surface area contributed by atoms with Gasteiger partial charge in [0.15, 0.2) is 0 Å². The number of halogens is 1. The lowest BCUT2D eigenvalue weighted by Gasteiger charge is -2.24. The van der Waals surface area contributed by atoms with Gasteiger partial charge in [0, 0.05) is 17.8 Å². The molecule has 2 aromatic carbocycles. The van der Waals surface area contributed by atoms with Gasteiger partial charge in [0.1, 0.15) is 0 Å². The molecule has 1 unspecified atom stereocenters. The van der Waals surface area contributed by atoms with Crippen LogP contribution in [0.3, 0.4) is 0 Å². The molecule has 0 spiro atoms. The van der Waals surface area contributed by atoms with Crippen molar-refractivity contribution in [2.24, 2.45) is 0 Å². The Hall–Kier alpha value is -1.29. The third-order valence-electron chi connectivity index (χ3n) is 3.76. The largest absolute Gasteiger partial charge is 0.339 e. The molecule has 0 radical (unpaired) electrons. The number of aromatic nitrogens is 1. The van der Waals surface area contributed by atoms with Crippen LogP contribution >= 0.6 is 22.6 Å². The van der Waals surface area contributed by atoms with Crippen molar-refractivity contribution in [3.63, 3.8) is 0 Å². The number of nitrogens with zero attached hydrogens (tertiary/aromatic N) is 1. The monoisotopic (exact) mass is 345 g/mol. The SMILES string of the molecule is IC1c2ccccc2Cn2c1cc1ccccc12. The Kier molecular flexibility index (Phi) is 2.27. The molecular weight excluding hydrogens is 333 g/mol. The van der Waals surface area contributed by atoms with Crippen LogP contribution in [0.1, 0.15) is 20.7 Å². The molecule has 1 aliphatic heterocycles. The average molecular weight is 345 g/mol. The van der Waals surface area contributed by atoms with Crippen molar-refractivity contribution in [1.29, 1.82) is 0 Å². The van der Waals surface area contributed by atoms with Crippen molar-refractivity contribution >= 4 is 33.5 Å². The molecular formula is C16H12IN. The highest BCUT2D eigenvalue weighted by Crippen LogP contribution is 2.40. The van der Waals surface area contributed by atoms with Crippen LogP contribution in [0.5, 0.6) is 0 Å². The van der Waals surface area contributed by atoms with Gasteiger partial charge in [-0.1, -0.05) is 65.1 Å². The van der Waals surface area contributed by atoms with E-state index in [1.807, 2.05) is 0 Å². The molecule has 1 nitrogen and oxygen atoms in total. The van der Waals surface area contributed by atoms with E-state index in [9.17, 15) is 0 Å². The number of hydrogen-bond donors (Lipinski definition) is 0. The van der Waals surface area contributed by atoms with Crippen LogP contribution in [0.25, 0.3) is 10.9 Å². The Morgan fingerprint density at radius 1 is 1.00 bits per heavy atom. The Balaban J connectivity index is 2.02. The summed E-state index contributed by atoms with van der Waals surface area (Å²) in [6, 6.07) is 19.8. The zero-order valence-electron chi connectivity index (χ0n) is 9.81. The van der Waals surface area contributed by atoms with Gasteiger partial charge in [-0.25, -0.2) is 0 Å². The van der Waals surface area contributed by atoms with Crippen molar-refractivity contribution in [1.82, 2.24) is 4.57 Å². The highest BCUT2D eigenvalue weighted by atomic mass is 127. The molecule has 1 aromatic heterocycles. The van der Waals surface area contributed by atoms with E-state index >= 15 is 0 Å².